The Morgan fingerprint density at radius 2 is 0.920 bits per heavy atom. The first-order valence-corrected chi connectivity index (χ1v) is 16.8. The van der Waals surface area contributed by atoms with E-state index in [2.05, 4.69) is 127 Å². The third-order valence-electron chi connectivity index (χ3n) is 8.89. The fourth-order valence-corrected chi connectivity index (χ4v) is 6.40. The van der Waals surface area contributed by atoms with Crippen molar-refractivity contribution in [3.8, 4) is 56.2 Å². The van der Waals surface area contributed by atoms with Gasteiger partial charge < -0.3 is 4.90 Å². The maximum atomic E-state index is 5.14. The Bertz CT molecular complexity index is 2300. The molecule has 0 saturated carbocycles. The first-order valence-electron chi connectivity index (χ1n) is 16.8. The smallest absolute Gasteiger partial charge is 0.234 e. The van der Waals surface area contributed by atoms with Gasteiger partial charge in [-0.25, -0.2) is 4.98 Å². The number of nitrogens with zero attached hydrogens (tertiary/aromatic N) is 4. The summed E-state index contributed by atoms with van der Waals surface area (Å²) in [6.07, 6.45) is 8.30. The fourth-order valence-electron chi connectivity index (χ4n) is 6.40. The fraction of sp³-hybridized carbons (Fsp3) is 0.0217. The van der Waals surface area contributed by atoms with Gasteiger partial charge in [0.2, 0.25) is 5.95 Å². The topological polar surface area (TPSA) is 41.9 Å². The maximum Gasteiger partial charge on any atom is 0.234 e. The number of aromatic nitrogens is 3. The quantitative estimate of drug-likeness (QED) is 0.181. The molecule has 4 nitrogen and oxygen atoms in total. The van der Waals surface area contributed by atoms with Crippen molar-refractivity contribution in [1.29, 1.82) is 0 Å². The number of fused-ring (bicyclic) bond motifs is 1. The van der Waals surface area contributed by atoms with Gasteiger partial charge in [-0.2, -0.15) is 9.97 Å². The van der Waals surface area contributed by atoms with Crippen molar-refractivity contribution in [2.24, 2.45) is 0 Å². The van der Waals surface area contributed by atoms with Gasteiger partial charge in [0.15, 0.2) is 11.6 Å². The summed E-state index contributed by atoms with van der Waals surface area (Å²) in [6.45, 7) is 5.04. The van der Waals surface area contributed by atoms with Crippen molar-refractivity contribution >= 4 is 17.2 Å². The molecular formula is C46H34N4. The molecule has 2 heterocycles. The number of anilines is 2. The summed E-state index contributed by atoms with van der Waals surface area (Å²) in [5, 5.41) is 0. The molecule has 0 fully saturated rings. The van der Waals surface area contributed by atoms with Crippen LogP contribution >= 0.6 is 0 Å². The molecule has 6 aromatic carbocycles. The van der Waals surface area contributed by atoms with Gasteiger partial charge in [0, 0.05) is 28.8 Å². The molecule has 0 N–H and O–H groups in total. The van der Waals surface area contributed by atoms with Crippen LogP contribution in [0, 0.1) is 0 Å². The largest absolute Gasteiger partial charge is 0.305 e. The molecule has 238 valence electrons. The summed E-state index contributed by atoms with van der Waals surface area (Å²) in [4.78, 5) is 17.4. The molecule has 1 aromatic heterocycles. The van der Waals surface area contributed by atoms with Crippen LogP contribution in [-0.4, -0.2) is 21.5 Å². The van der Waals surface area contributed by atoms with Crippen molar-refractivity contribution in [1.82, 2.24) is 15.0 Å². The van der Waals surface area contributed by atoms with E-state index in [9.17, 15) is 0 Å². The van der Waals surface area contributed by atoms with Crippen LogP contribution in [0.3, 0.4) is 0 Å². The van der Waals surface area contributed by atoms with Gasteiger partial charge in [-0.15, -0.1) is 0 Å². The molecule has 0 spiro atoms. The van der Waals surface area contributed by atoms with E-state index in [4.69, 9.17) is 15.0 Å². The lowest BCUT2D eigenvalue weighted by Gasteiger charge is -2.28. The van der Waals surface area contributed by atoms with Gasteiger partial charge in [0.1, 0.15) is 0 Å². The molecule has 0 amide bonds. The molecule has 0 aliphatic carbocycles. The summed E-state index contributed by atoms with van der Waals surface area (Å²) < 4.78 is 0. The average molecular weight is 643 g/mol. The van der Waals surface area contributed by atoms with Crippen LogP contribution in [0.4, 0.5) is 11.6 Å². The van der Waals surface area contributed by atoms with E-state index in [-0.39, 0.29) is 0 Å². The van der Waals surface area contributed by atoms with E-state index in [0.717, 1.165) is 50.2 Å². The van der Waals surface area contributed by atoms with Crippen LogP contribution in [0.15, 0.2) is 189 Å². The Morgan fingerprint density at radius 1 is 0.440 bits per heavy atom. The Hall–Kier alpha value is -6.65. The third kappa shape index (κ3) is 6.30. The number of hydrogen-bond donors (Lipinski definition) is 0. The molecule has 1 aliphatic rings. The molecule has 0 saturated heterocycles. The van der Waals surface area contributed by atoms with E-state index in [1.165, 1.54) is 11.1 Å². The SMILES string of the molecule is C=C1/C=C\C=C/CN(c2nc(-c3ccccc3)nc(-c3ccccc3)n2)c2c1cccc2-c1cccc(-c2cccc(-c3ccccc3)c2)c1. The minimum absolute atomic E-state index is 0.549. The summed E-state index contributed by atoms with van der Waals surface area (Å²) >= 11 is 0. The second kappa shape index (κ2) is 13.8. The predicted octanol–water partition coefficient (Wildman–Crippen LogP) is 11.5. The van der Waals surface area contributed by atoms with Crippen molar-refractivity contribution in [2.75, 3.05) is 11.4 Å². The molecule has 0 unspecified atom stereocenters. The van der Waals surface area contributed by atoms with Gasteiger partial charge in [-0.05, 0) is 45.5 Å². The summed E-state index contributed by atoms with van der Waals surface area (Å²) in [5.74, 6) is 1.81. The van der Waals surface area contributed by atoms with Crippen molar-refractivity contribution < 1.29 is 0 Å². The molecule has 50 heavy (non-hydrogen) atoms. The summed E-state index contributed by atoms with van der Waals surface area (Å²) in [5.41, 5.74) is 11.6. The highest BCUT2D eigenvalue weighted by Crippen LogP contribution is 2.42. The molecule has 7 aromatic rings. The minimum atomic E-state index is 0.549. The van der Waals surface area contributed by atoms with Crippen LogP contribution in [0.25, 0.3) is 61.7 Å². The zero-order valence-corrected chi connectivity index (χ0v) is 27.5. The van der Waals surface area contributed by atoms with E-state index in [1.807, 2.05) is 66.7 Å². The second-order valence-electron chi connectivity index (χ2n) is 12.2. The lowest BCUT2D eigenvalue weighted by atomic mass is 9.92. The van der Waals surface area contributed by atoms with E-state index in [0.29, 0.717) is 24.1 Å². The molecule has 4 heteroatoms. The monoisotopic (exact) mass is 642 g/mol. The Kier molecular flexibility index (Phi) is 8.49. The highest BCUT2D eigenvalue weighted by molar-refractivity contribution is 5.94. The normalized spacial score (nSPS) is 13.8. The van der Waals surface area contributed by atoms with Crippen LogP contribution < -0.4 is 4.90 Å². The third-order valence-corrected chi connectivity index (χ3v) is 8.89. The molecule has 0 bridgehead atoms. The number of allylic oxidation sites excluding steroid dienone is 4. The molecule has 1 aliphatic heterocycles. The van der Waals surface area contributed by atoms with Crippen molar-refractivity contribution in [3.63, 3.8) is 0 Å². The number of rotatable bonds is 6. The van der Waals surface area contributed by atoms with Crippen LogP contribution in [0.1, 0.15) is 5.56 Å². The highest BCUT2D eigenvalue weighted by atomic mass is 15.3. The lowest BCUT2D eigenvalue weighted by molar-refractivity contribution is 0.960. The summed E-state index contributed by atoms with van der Waals surface area (Å²) in [6, 6.07) is 54.6. The van der Waals surface area contributed by atoms with Gasteiger partial charge in [-0.1, -0.05) is 176 Å². The minimum Gasteiger partial charge on any atom is -0.305 e. The van der Waals surface area contributed by atoms with Crippen molar-refractivity contribution in [2.45, 2.75) is 0 Å². The van der Waals surface area contributed by atoms with E-state index in [1.54, 1.807) is 0 Å². The second-order valence-corrected chi connectivity index (χ2v) is 12.2. The zero-order valence-electron chi connectivity index (χ0n) is 27.5. The number of para-hydroxylation sites is 1. The highest BCUT2D eigenvalue weighted by Gasteiger charge is 2.24. The maximum absolute atomic E-state index is 5.14. The average Bonchev–Trinajstić information content (AvgIpc) is 3.28. The predicted molar refractivity (Wildman–Crippen MR) is 208 cm³/mol. The molecule has 8 rings (SSSR count). The zero-order chi connectivity index (χ0) is 33.7. The van der Waals surface area contributed by atoms with E-state index >= 15 is 0 Å². The standard InChI is InChI=1S/C46H34N4/c1-33-17-6-5-13-30-50(46-48-44(35-20-9-3-10-21-35)47-45(49-46)36-22-11-4-12-23-36)43-41(33)28-16-29-42(43)40-27-15-26-39(32-40)38-25-14-24-37(31-38)34-18-7-2-8-19-34/h2-29,31-32H,1,30H2/b13-5-,17-6-. The Morgan fingerprint density at radius 3 is 1.54 bits per heavy atom. The van der Waals surface area contributed by atoms with Gasteiger partial charge in [0.05, 0.1) is 5.69 Å². The molecular weight excluding hydrogens is 609 g/mol. The molecule has 0 atom stereocenters. The van der Waals surface area contributed by atoms with Crippen LogP contribution in [-0.2, 0) is 0 Å². The first-order chi connectivity index (χ1) is 24.7. The first kappa shape index (κ1) is 30.7. The van der Waals surface area contributed by atoms with Gasteiger partial charge >= 0.3 is 0 Å². The van der Waals surface area contributed by atoms with Gasteiger partial charge in [-0.3, -0.25) is 0 Å². The summed E-state index contributed by atoms with van der Waals surface area (Å²) in [7, 11) is 0. The van der Waals surface area contributed by atoms with Crippen LogP contribution in [0.5, 0.6) is 0 Å². The van der Waals surface area contributed by atoms with Crippen LogP contribution in [0.2, 0.25) is 0 Å². The van der Waals surface area contributed by atoms with E-state index < -0.39 is 0 Å². The Balaban J connectivity index is 1.31. The van der Waals surface area contributed by atoms with Crippen molar-refractivity contribution in [3.05, 3.63) is 194 Å². The lowest BCUT2D eigenvalue weighted by Crippen LogP contribution is -2.22. The number of hydrogen-bond acceptors (Lipinski definition) is 4. The number of benzene rings is 6. The molecule has 0 radical (unpaired) electrons. The van der Waals surface area contributed by atoms with Gasteiger partial charge in [0.25, 0.3) is 0 Å². The Labute approximate surface area is 293 Å².